The predicted octanol–water partition coefficient (Wildman–Crippen LogP) is 2.83. The van der Waals surface area contributed by atoms with E-state index in [2.05, 4.69) is 15.8 Å². The number of nitrogens with one attached hydrogen (secondary N) is 2. The molecule has 1 aliphatic carbocycles. The Morgan fingerprint density at radius 3 is 2.59 bits per heavy atom. The molecule has 1 fully saturated rings. The molecule has 0 aliphatic heterocycles. The maximum absolute atomic E-state index is 5.26. The number of ether oxygens (including phenoxy) is 2. The molecule has 22 heavy (non-hydrogen) atoms. The van der Waals surface area contributed by atoms with Crippen LogP contribution in [0.1, 0.15) is 37.7 Å². The van der Waals surface area contributed by atoms with E-state index < -0.39 is 0 Å². The summed E-state index contributed by atoms with van der Waals surface area (Å²) >= 11 is 5.26. The summed E-state index contributed by atoms with van der Waals surface area (Å²) in [5.74, 6) is 1.37. The maximum atomic E-state index is 5.26. The first kappa shape index (κ1) is 16.5. The maximum Gasteiger partial charge on any atom is 0.187 e. The molecule has 0 spiro atoms. The van der Waals surface area contributed by atoms with Crippen LogP contribution in [0.4, 0.5) is 0 Å². The number of nitrogens with zero attached hydrogens (tertiary/aromatic N) is 1. The highest BCUT2D eigenvalue weighted by Crippen LogP contribution is 2.26. The molecular weight excluding hydrogens is 298 g/mol. The van der Waals surface area contributed by atoms with Gasteiger partial charge in [-0.15, -0.1) is 0 Å². The Morgan fingerprint density at radius 2 is 1.91 bits per heavy atom. The van der Waals surface area contributed by atoms with E-state index >= 15 is 0 Å². The summed E-state index contributed by atoms with van der Waals surface area (Å²) in [4.78, 5) is 0. The summed E-state index contributed by atoms with van der Waals surface area (Å²) in [6.07, 6.45) is 7.94. The lowest BCUT2D eigenvalue weighted by molar-refractivity contribution is 0.355. The van der Waals surface area contributed by atoms with Gasteiger partial charge in [-0.3, -0.25) is 5.43 Å². The molecule has 6 heteroatoms. The second-order valence-corrected chi connectivity index (χ2v) is 5.70. The van der Waals surface area contributed by atoms with Gasteiger partial charge in [-0.25, -0.2) is 0 Å². The molecular formula is C16H23N3O2S. The molecule has 1 aliphatic rings. The fraction of sp³-hybridized carbons (Fsp3) is 0.500. The van der Waals surface area contributed by atoms with E-state index in [1.807, 2.05) is 18.2 Å². The van der Waals surface area contributed by atoms with Crippen molar-refractivity contribution in [2.45, 2.75) is 38.1 Å². The lowest BCUT2D eigenvalue weighted by Gasteiger charge is -2.23. The first-order valence-electron chi connectivity index (χ1n) is 7.54. The summed E-state index contributed by atoms with van der Waals surface area (Å²) in [5, 5.41) is 8.04. The molecule has 0 atom stereocenters. The summed E-state index contributed by atoms with van der Waals surface area (Å²) in [6, 6.07) is 6.09. The van der Waals surface area contributed by atoms with E-state index in [-0.39, 0.29) is 0 Å². The zero-order valence-electron chi connectivity index (χ0n) is 13.1. The number of methoxy groups -OCH3 is 2. The van der Waals surface area contributed by atoms with Crippen molar-refractivity contribution in [3.8, 4) is 11.5 Å². The molecule has 0 saturated heterocycles. The lowest BCUT2D eigenvalue weighted by atomic mass is 9.96. The van der Waals surface area contributed by atoms with Crippen LogP contribution in [0, 0.1) is 0 Å². The minimum atomic E-state index is 0.477. The number of rotatable bonds is 5. The van der Waals surface area contributed by atoms with E-state index in [0.717, 1.165) is 5.56 Å². The average Bonchev–Trinajstić information content (AvgIpc) is 2.55. The van der Waals surface area contributed by atoms with Crippen LogP contribution in [0.2, 0.25) is 0 Å². The quantitative estimate of drug-likeness (QED) is 0.496. The fourth-order valence-corrected chi connectivity index (χ4v) is 2.78. The normalized spacial score (nSPS) is 15.5. The number of benzene rings is 1. The van der Waals surface area contributed by atoms with Crippen LogP contribution in [0.5, 0.6) is 11.5 Å². The highest BCUT2D eigenvalue weighted by atomic mass is 32.1. The van der Waals surface area contributed by atoms with Gasteiger partial charge in [0.2, 0.25) is 0 Å². The highest BCUT2D eigenvalue weighted by Gasteiger charge is 2.13. The van der Waals surface area contributed by atoms with E-state index in [4.69, 9.17) is 21.7 Å². The third-order valence-corrected chi connectivity index (χ3v) is 3.94. The van der Waals surface area contributed by atoms with Gasteiger partial charge in [-0.1, -0.05) is 19.3 Å². The van der Waals surface area contributed by atoms with Crippen LogP contribution in [-0.2, 0) is 0 Å². The SMILES string of the molecule is COc1ccc(/C=N\NC(=S)NC2CCCCC2)cc1OC. The number of hydrazone groups is 1. The minimum absolute atomic E-state index is 0.477. The monoisotopic (exact) mass is 321 g/mol. The largest absolute Gasteiger partial charge is 0.493 e. The number of thiocarbonyl (C=S) groups is 1. The molecule has 1 aromatic carbocycles. The molecule has 2 rings (SSSR count). The molecule has 0 amide bonds. The molecule has 0 aromatic heterocycles. The van der Waals surface area contributed by atoms with E-state index in [0.29, 0.717) is 22.7 Å². The summed E-state index contributed by atoms with van der Waals surface area (Å²) in [7, 11) is 3.22. The van der Waals surface area contributed by atoms with Gasteiger partial charge in [0.25, 0.3) is 0 Å². The molecule has 0 bridgehead atoms. The summed E-state index contributed by atoms with van der Waals surface area (Å²) < 4.78 is 10.5. The van der Waals surface area contributed by atoms with Crippen LogP contribution in [0.25, 0.3) is 0 Å². The second kappa shape index (κ2) is 8.58. The highest BCUT2D eigenvalue weighted by molar-refractivity contribution is 7.80. The van der Waals surface area contributed by atoms with Crippen molar-refractivity contribution in [1.82, 2.24) is 10.7 Å². The molecule has 0 radical (unpaired) electrons. The average molecular weight is 321 g/mol. The van der Waals surface area contributed by atoms with Crippen LogP contribution in [0.3, 0.4) is 0 Å². The van der Waals surface area contributed by atoms with Crippen molar-refractivity contribution in [3.63, 3.8) is 0 Å². The van der Waals surface area contributed by atoms with E-state index in [1.54, 1.807) is 20.4 Å². The molecule has 0 heterocycles. The van der Waals surface area contributed by atoms with Crippen LogP contribution in [-0.4, -0.2) is 31.6 Å². The molecule has 2 N–H and O–H groups in total. The van der Waals surface area contributed by atoms with Crippen molar-refractivity contribution >= 4 is 23.5 Å². The van der Waals surface area contributed by atoms with Crippen molar-refractivity contribution in [3.05, 3.63) is 23.8 Å². The Morgan fingerprint density at radius 1 is 1.18 bits per heavy atom. The number of hydrogen-bond donors (Lipinski definition) is 2. The lowest BCUT2D eigenvalue weighted by Crippen LogP contribution is -2.40. The van der Waals surface area contributed by atoms with Crippen LogP contribution >= 0.6 is 12.2 Å². The Hall–Kier alpha value is -1.82. The third-order valence-electron chi connectivity index (χ3n) is 3.73. The van der Waals surface area contributed by atoms with E-state index in [1.165, 1.54) is 32.1 Å². The Bertz CT molecular complexity index is 528. The van der Waals surface area contributed by atoms with Crippen molar-refractivity contribution in [2.75, 3.05) is 14.2 Å². The molecule has 1 saturated carbocycles. The smallest absolute Gasteiger partial charge is 0.187 e. The topological polar surface area (TPSA) is 54.9 Å². The molecule has 1 aromatic rings. The van der Waals surface area contributed by atoms with Gasteiger partial charge < -0.3 is 14.8 Å². The van der Waals surface area contributed by atoms with Gasteiger partial charge in [-0.2, -0.15) is 5.10 Å². The Labute approximate surface area is 137 Å². The van der Waals surface area contributed by atoms with Gasteiger partial charge >= 0.3 is 0 Å². The number of hydrogen-bond acceptors (Lipinski definition) is 4. The van der Waals surface area contributed by atoms with Crippen molar-refractivity contribution in [2.24, 2.45) is 5.10 Å². The van der Waals surface area contributed by atoms with Gasteiger partial charge in [-0.05, 0) is 48.8 Å². The first-order chi connectivity index (χ1) is 10.7. The summed E-state index contributed by atoms with van der Waals surface area (Å²) in [6.45, 7) is 0. The van der Waals surface area contributed by atoms with Gasteiger partial charge in [0.15, 0.2) is 16.6 Å². The standard InChI is InChI=1S/C16H23N3O2S/c1-20-14-9-8-12(10-15(14)21-2)11-17-19-16(22)18-13-6-4-3-5-7-13/h8-11,13H,3-7H2,1-2H3,(H2,18,19,22)/b17-11-. The second-order valence-electron chi connectivity index (χ2n) is 5.29. The van der Waals surface area contributed by atoms with Crippen molar-refractivity contribution < 1.29 is 9.47 Å². The first-order valence-corrected chi connectivity index (χ1v) is 7.95. The van der Waals surface area contributed by atoms with Gasteiger partial charge in [0, 0.05) is 6.04 Å². The Balaban J connectivity index is 1.84. The summed E-state index contributed by atoms with van der Waals surface area (Å²) in [5.41, 5.74) is 3.77. The minimum Gasteiger partial charge on any atom is -0.493 e. The molecule has 120 valence electrons. The van der Waals surface area contributed by atoms with E-state index in [9.17, 15) is 0 Å². The fourth-order valence-electron chi connectivity index (χ4n) is 2.56. The van der Waals surface area contributed by atoms with Gasteiger partial charge in [0.1, 0.15) is 0 Å². The zero-order chi connectivity index (χ0) is 15.8. The van der Waals surface area contributed by atoms with Crippen LogP contribution in [0.15, 0.2) is 23.3 Å². The zero-order valence-corrected chi connectivity index (χ0v) is 13.9. The van der Waals surface area contributed by atoms with Crippen molar-refractivity contribution in [1.29, 1.82) is 0 Å². The Kier molecular flexibility index (Phi) is 6.45. The third kappa shape index (κ3) is 4.87. The predicted molar refractivity (Wildman–Crippen MR) is 92.9 cm³/mol. The van der Waals surface area contributed by atoms with Crippen LogP contribution < -0.4 is 20.2 Å². The van der Waals surface area contributed by atoms with Gasteiger partial charge in [0.05, 0.1) is 20.4 Å². The molecule has 0 unspecified atom stereocenters. The molecule has 5 nitrogen and oxygen atoms in total.